The van der Waals surface area contributed by atoms with Crippen LogP contribution in [0.2, 0.25) is 0 Å². The second-order valence-electron chi connectivity index (χ2n) is 3.78. The standard InChI is InChI=1S/C13H15N3/c14-9-13(12-3-6-15-7-4-12)8-11-2-1-5-16-10-11/h1-7,10,13H,8-9,14H2. The number of aromatic nitrogens is 2. The molecule has 0 aromatic carbocycles. The number of rotatable bonds is 4. The van der Waals surface area contributed by atoms with Crippen LogP contribution in [0.5, 0.6) is 0 Å². The smallest absolute Gasteiger partial charge is 0.0300 e. The van der Waals surface area contributed by atoms with Crippen LogP contribution in [0.15, 0.2) is 49.1 Å². The summed E-state index contributed by atoms with van der Waals surface area (Å²) in [5.41, 5.74) is 8.27. The van der Waals surface area contributed by atoms with Crippen LogP contribution in [-0.2, 0) is 6.42 Å². The van der Waals surface area contributed by atoms with Crippen LogP contribution in [0.1, 0.15) is 17.0 Å². The van der Waals surface area contributed by atoms with E-state index in [0.29, 0.717) is 12.5 Å². The Morgan fingerprint density at radius 1 is 1.06 bits per heavy atom. The highest BCUT2D eigenvalue weighted by Crippen LogP contribution is 2.18. The molecule has 1 unspecified atom stereocenters. The number of hydrogen-bond acceptors (Lipinski definition) is 3. The normalized spacial score (nSPS) is 12.3. The summed E-state index contributed by atoms with van der Waals surface area (Å²) in [6.07, 6.45) is 8.22. The Balaban J connectivity index is 2.13. The third kappa shape index (κ3) is 2.64. The minimum absolute atomic E-state index is 0.340. The van der Waals surface area contributed by atoms with E-state index in [0.717, 1.165) is 6.42 Å². The van der Waals surface area contributed by atoms with Gasteiger partial charge in [0.15, 0.2) is 0 Å². The van der Waals surface area contributed by atoms with Crippen LogP contribution in [0, 0.1) is 0 Å². The monoisotopic (exact) mass is 213 g/mol. The fraction of sp³-hybridized carbons (Fsp3) is 0.231. The molecule has 2 N–H and O–H groups in total. The molecule has 0 saturated carbocycles. The van der Waals surface area contributed by atoms with E-state index in [-0.39, 0.29) is 0 Å². The molecule has 0 radical (unpaired) electrons. The van der Waals surface area contributed by atoms with Crippen LogP contribution < -0.4 is 5.73 Å². The summed E-state index contributed by atoms with van der Waals surface area (Å²) in [4.78, 5) is 8.13. The van der Waals surface area contributed by atoms with Crippen LogP contribution in [0.25, 0.3) is 0 Å². The number of nitrogens with zero attached hydrogens (tertiary/aromatic N) is 2. The molecule has 2 aromatic rings. The molecule has 0 amide bonds. The van der Waals surface area contributed by atoms with Gasteiger partial charge in [0.2, 0.25) is 0 Å². The van der Waals surface area contributed by atoms with Crippen LogP contribution in [0.4, 0.5) is 0 Å². The number of pyridine rings is 2. The minimum atomic E-state index is 0.340. The SMILES string of the molecule is NCC(Cc1cccnc1)c1ccncc1. The Hall–Kier alpha value is -1.74. The summed E-state index contributed by atoms with van der Waals surface area (Å²) < 4.78 is 0. The third-order valence-electron chi connectivity index (χ3n) is 2.67. The van der Waals surface area contributed by atoms with Crippen molar-refractivity contribution in [3.8, 4) is 0 Å². The molecule has 3 nitrogen and oxygen atoms in total. The molecule has 0 aliphatic heterocycles. The molecular formula is C13H15N3. The summed E-state index contributed by atoms with van der Waals surface area (Å²) >= 11 is 0. The van der Waals surface area contributed by atoms with E-state index in [9.17, 15) is 0 Å². The zero-order valence-corrected chi connectivity index (χ0v) is 9.08. The van der Waals surface area contributed by atoms with E-state index in [4.69, 9.17) is 5.73 Å². The van der Waals surface area contributed by atoms with Crippen molar-refractivity contribution in [3.05, 3.63) is 60.2 Å². The Kier molecular flexibility index (Phi) is 3.62. The number of nitrogens with two attached hydrogens (primary N) is 1. The minimum Gasteiger partial charge on any atom is -0.330 e. The molecule has 3 heteroatoms. The summed E-state index contributed by atoms with van der Waals surface area (Å²) in [6, 6.07) is 8.08. The summed E-state index contributed by atoms with van der Waals surface area (Å²) in [5.74, 6) is 0.340. The Labute approximate surface area is 95.4 Å². The highest BCUT2D eigenvalue weighted by molar-refractivity contribution is 5.20. The van der Waals surface area contributed by atoms with Gasteiger partial charge in [0.1, 0.15) is 0 Å². The quantitative estimate of drug-likeness (QED) is 0.842. The van der Waals surface area contributed by atoms with E-state index in [2.05, 4.69) is 16.0 Å². The van der Waals surface area contributed by atoms with Crippen LogP contribution >= 0.6 is 0 Å². The van der Waals surface area contributed by atoms with E-state index in [1.807, 2.05) is 24.4 Å². The first kappa shape index (κ1) is 10.8. The van der Waals surface area contributed by atoms with E-state index in [1.54, 1.807) is 18.6 Å². The van der Waals surface area contributed by atoms with Gasteiger partial charge in [0.25, 0.3) is 0 Å². The zero-order chi connectivity index (χ0) is 11.2. The number of hydrogen-bond donors (Lipinski definition) is 1. The molecule has 2 aromatic heterocycles. The Bertz CT molecular complexity index is 414. The molecule has 0 saturated heterocycles. The lowest BCUT2D eigenvalue weighted by Gasteiger charge is -2.14. The van der Waals surface area contributed by atoms with Gasteiger partial charge in [-0.1, -0.05) is 6.07 Å². The molecule has 0 bridgehead atoms. The maximum Gasteiger partial charge on any atom is 0.0300 e. The maximum absolute atomic E-state index is 5.81. The first-order chi connectivity index (χ1) is 7.90. The van der Waals surface area contributed by atoms with Crippen molar-refractivity contribution in [3.63, 3.8) is 0 Å². The highest BCUT2D eigenvalue weighted by Gasteiger charge is 2.10. The van der Waals surface area contributed by atoms with E-state index < -0.39 is 0 Å². The second kappa shape index (κ2) is 5.37. The van der Waals surface area contributed by atoms with Gasteiger partial charge in [-0.05, 0) is 42.3 Å². The molecule has 0 spiro atoms. The molecule has 0 aliphatic rings. The summed E-state index contributed by atoms with van der Waals surface area (Å²) in [6.45, 7) is 0.638. The van der Waals surface area contributed by atoms with Gasteiger partial charge >= 0.3 is 0 Å². The van der Waals surface area contributed by atoms with Crippen molar-refractivity contribution < 1.29 is 0 Å². The van der Waals surface area contributed by atoms with Crippen LogP contribution in [-0.4, -0.2) is 16.5 Å². The lowest BCUT2D eigenvalue weighted by Crippen LogP contribution is -2.15. The molecule has 0 fully saturated rings. The van der Waals surface area contributed by atoms with E-state index in [1.165, 1.54) is 11.1 Å². The molecular weight excluding hydrogens is 198 g/mol. The third-order valence-corrected chi connectivity index (χ3v) is 2.67. The van der Waals surface area contributed by atoms with Crippen molar-refractivity contribution in [1.29, 1.82) is 0 Å². The average Bonchev–Trinajstić information content (AvgIpc) is 2.38. The van der Waals surface area contributed by atoms with Gasteiger partial charge in [-0.15, -0.1) is 0 Å². The van der Waals surface area contributed by atoms with E-state index >= 15 is 0 Å². The Morgan fingerprint density at radius 3 is 2.50 bits per heavy atom. The van der Waals surface area contributed by atoms with Crippen molar-refractivity contribution in [2.75, 3.05) is 6.54 Å². The van der Waals surface area contributed by atoms with Crippen LogP contribution in [0.3, 0.4) is 0 Å². The molecule has 2 rings (SSSR count). The summed E-state index contributed by atoms with van der Waals surface area (Å²) in [7, 11) is 0. The van der Waals surface area contributed by atoms with Gasteiger partial charge in [-0.25, -0.2) is 0 Å². The zero-order valence-electron chi connectivity index (χ0n) is 9.08. The van der Waals surface area contributed by atoms with Crippen molar-refractivity contribution >= 4 is 0 Å². The van der Waals surface area contributed by atoms with Crippen molar-refractivity contribution in [1.82, 2.24) is 9.97 Å². The first-order valence-corrected chi connectivity index (χ1v) is 5.39. The fourth-order valence-corrected chi connectivity index (χ4v) is 1.78. The second-order valence-corrected chi connectivity index (χ2v) is 3.78. The van der Waals surface area contributed by atoms with Gasteiger partial charge in [-0.2, -0.15) is 0 Å². The summed E-state index contributed by atoms with van der Waals surface area (Å²) in [5, 5.41) is 0. The predicted molar refractivity (Wildman–Crippen MR) is 64.0 cm³/mol. The molecule has 2 heterocycles. The van der Waals surface area contributed by atoms with Gasteiger partial charge in [0, 0.05) is 30.7 Å². The van der Waals surface area contributed by atoms with Crippen molar-refractivity contribution in [2.24, 2.45) is 5.73 Å². The highest BCUT2D eigenvalue weighted by atomic mass is 14.6. The fourth-order valence-electron chi connectivity index (χ4n) is 1.78. The largest absolute Gasteiger partial charge is 0.330 e. The first-order valence-electron chi connectivity index (χ1n) is 5.39. The Morgan fingerprint density at radius 2 is 1.88 bits per heavy atom. The maximum atomic E-state index is 5.81. The van der Waals surface area contributed by atoms with Crippen molar-refractivity contribution in [2.45, 2.75) is 12.3 Å². The lowest BCUT2D eigenvalue weighted by atomic mass is 9.93. The molecule has 0 aliphatic carbocycles. The molecule has 16 heavy (non-hydrogen) atoms. The predicted octanol–water partition coefficient (Wildman–Crippen LogP) is 1.76. The van der Waals surface area contributed by atoms with Gasteiger partial charge in [0.05, 0.1) is 0 Å². The average molecular weight is 213 g/mol. The molecule has 82 valence electrons. The van der Waals surface area contributed by atoms with Gasteiger partial charge < -0.3 is 5.73 Å². The topological polar surface area (TPSA) is 51.8 Å². The lowest BCUT2D eigenvalue weighted by molar-refractivity contribution is 0.691. The van der Waals surface area contributed by atoms with Gasteiger partial charge in [-0.3, -0.25) is 9.97 Å². The molecule has 1 atom stereocenters.